The molecule has 178 valence electrons. The molecule has 3 aromatic carbocycles. The van der Waals surface area contributed by atoms with Crippen LogP contribution in [0, 0.1) is 5.82 Å². The van der Waals surface area contributed by atoms with Crippen molar-refractivity contribution in [2.75, 3.05) is 34.0 Å². The second-order valence-corrected chi connectivity index (χ2v) is 8.20. The molecule has 4 rings (SSSR count). The van der Waals surface area contributed by atoms with E-state index in [4.69, 9.17) is 30.5 Å². The number of halogens is 2. The highest BCUT2D eigenvalue weighted by atomic mass is 35.5. The first kappa shape index (κ1) is 23.7. The summed E-state index contributed by atoms with van der Waals surface area (Å²) in [6.45, 7) is 0.543. The highest BCUT2D eigenvalue weighted by molar-refractivity contribution is 6.30. The molecule has 0 N–H and O–H groups in total. The van der Waals surface area contributed by atoms with Crippen molar-refractivity contribution in [2.24, 2.45) is 0 Å². The fourth-order valence-electron chi connectivity index (χ4n) is 3.97. The van der Waals surface area contributed by atoms with Gasteiger partial charge >= 0.3 is 0 Å². The predicted octanol–water partition coefficient (Wildman–Crippen LogP) is 5.08. The smallest absolute Gasteiger partial charge is 0.261 e. The summed E-state index contributed by atoms with van der Waals surface area (Å²) < 4.78 is 35.9. The van der Waals surface area contributed by atoms with Crippen molar-refractivity contribution in [1.29, 1.82) is 0 Å². The molecule has 0 saturated heterocycles. The van der Waals surface area contributed by atoms with Crippen LogP contribution in [0.25, 0.3) is 0 Å². The van der Waals surface area contributed by atoms with Crippen LogP contribution in [0.5, 0.6) is 23.0 Å². The molecule has 1 aliphatic heterocycles. The summed E-state index contributed by atoms with van der Waals surface area (Å²) in [6, 6.07) is 16.1. The third-order valence-corrected chi connectivity index (χ3v) is 5.97. The first-order chi connectivity index (χ1) is 16.5. The van der Waals surface area contributed by atoms with Crippen LogP contribution in [0.2, 0.25) is 5.02 Å². The van der Waals surface area contributed by atoms with Crippen molar-refractivity contribution < 1.29 is 28.1 Å². The highest BCUT2D eigenvalue weighted by Crippen LogP contribution is 2.38. The first-order valence-electron chi connectivity index (χ1n) is 10.8. The Labute approximate surface area is 202 Å². The Hall–Kier alpha value is -3.45. The number of benzene rings is 3. The Morgan fingerprint density at radius 2 is 1.59 bits per heavy atom. The third kappa shape index (κ3) is 5.37. The molecule has 8 heteroatoms. The summed E-state index contributed by atoms with van der Waals surface area (Å²) in [5.41, 5.74) is 1.96. The number of carbonyl (C=O) groups is 1. The zero-order valence-electron chi connectivity index (χ0n) is 18.9. The third-order valence-electron chi connectivity index (χ3n) is 5.72. The number of methoxy groups -OCH3 is 2. The van der Waals surface area contributed by atoms with E-state index in [1.165, 1.54) is 12.1 Å². The zero-order valence-corrected chi connectivity index (χ0v) is 19.7. The van der Waals surface area contributed by atoms with Gasteiger partial charge in [-0.1, -0.05) is 11.6 Å². The normalized spacial score (nSPS) is 14.8. The van der Waals surface area contributed by atoms with E-state index in [1.54, 1.807) is 55.5 Å². The van der Waals surface area contributed by atoms with Gasteiger partial charge in [0.1, 0.15) is 23.9 Å². The van der Waals surface area contributed by atoms with Crippen molar-refractivity contribution in [3.63, 3.8) is 0 Å². The fraction of sp³-hybridized carbons (Fsp3) is 0.269. The largest absolute Gasteiger partial charge is 0.493 e. The fourth-order valence-corrected chi connectivity index (χ4v) is 4.10. The van der Waals surface area contributed by atoms with Crippen LogP contribution in [-0.4, -0.2) is 44.8 Å². The summed E-state index contributed by atoms with van der Waals surface area (Å²) >= 11 is 5.92. The molecule has 0 aliphatic carbocycles. The molecular formula is C26H25ClFNO5. The molecule has 0 bridgehead atoms. The maximum absolute atomic E-state index is 13.3. The number of hydrogen-bond donors (Lipinski definition) is 0. The molecule has 1 heterocycles. The Morgan fingerprint density at radius 1 is 0.971 bits per heavy atom. The molecule has 0 unspecified atom stereocenters. The minimum atomic E-state index is -0.394. The van der Waals surface area contributed by atoms with Crippen LogP contribution in [0.3, 0.4) is 0 Å². The monoisotopic (exact) mass is 485 g/mol. The lowest BCUT2D eigenvalue weighted by atomic mass is 9.92. The van der Waals surface area contributed by atoms with Crippen molar-refractivity contribution in [1.82, 2.24) is 4.90 Å². The molecule has 1 atom stereocenters. The Bertz CT molecular complexity index is 1140. The number of fused-ring (bicyclic) bond motifs is 1. The molecule has 0 fully saturated rings. The molecule has 0 aromatic heterocycles. The van der Waals surface area contributed by atoms with Gasteiger partial charge in [-0.2, -0.15) is 0 Å². The summed E-state index contributed by atoms with van der Waals surface area (Å²) in [4.78, 5) is 14.9. The number of amides is 1. The van der Waals surface area contributed by atoms with E-state index >= 15 is 0 Å². The summed E-state index contributed by atoms with van der Waals surface area (Å²) in [7, 11) is 3.16. The lowest BCUT2D eigenvalue weighted by Gasteiger charge is -2.37. The van der Waals surface area contributed by atoms with Crippen LogP contribution < -0.4 is 18.9 Å². The number of nitrogens with zero attached hydrogens (tertiary/aromatic N) is 1. The summed E-state index contributed by atoms with van der Waals surface area (Å²) in [6.07, 6.45) is 0.648. The van der Waals surface area contributed by atoms with Crippen LogP contribution >= 0.6 is 11.6 Å². The van der Waals surface area contributed by atoms with Crippen LogP contribution in [-0.2, 0) is 11.2 Å². The van der Waals surface area contributed by atoms with E-state index in [0.29, 0.717) is 41.0 Å². The summed E-state index contributed by atoms with van der Waals surface area (Å²) in [5.74, 6) is 1.75. The molecule has 0 radical (unpaired) electrons. The molecular weight excluding hydrogens is 461 g/mol. The molecule has 0 saturated carbocycles. The molecule has 1 aliphatic rings. The van der Waals surface area contributed by atoms with Gasteiger partial charge in [0.25, 0.3) is 5.91 Å². The van der Waals surface area contributed by atoms with Gasteiger partial charge in [0.2, 0.25) is 0 Å². The van der Waals surface area contributed by atoms with Gasteiger partial charge in [-0.15, -0.1) is 0 Å². The van der Waals surface area contributed by atoms with Gasteiger partial charge in [-0.3, -0.25) is 4.79 Å². The van der Waals surface area contributed by atoms with Crippen LogP contribution in [0.1, 0.15) is 17.2 Å². The number of carbonyl (C=O) groups excluding carboxylic acids is 1. The molecule has 1 amide bonds. The van der Waals surface area contributed by atoms with Gasteiger partial charge < -0.3 is 23.8 Å². The molecule has 34 heavy (non-hydrogen) atoms. The highest BCUT2D eigenvalue weighted by Gasteiger charge is 2.33. The van der Waals surface area contributed by atoms with Crippen LogP contribution in [0.4, 0.5) is 4.39 Å². The van der Waals surface area contributed by atoms with Crippen molar-refractivity contribution >= 4 is 17.5 Å². The van der Waals surface area contributed by atoms with Crippen LogP contribution in [0.15, 0.2) is 60.7 Å². The number of ether oxygens (including phenoxy) is 4. The maximum Gasteiger partial charge on any atom is 0.261 e. The average molecular weight is 486 g/mol. The van der Waals surface area contributed by atoms with Gasteiger partial charge in [0.15, 0.2) is 18.1 Å². The molecule has 6 nitrogen and oxygen atoms in total. The van der Waals surface area contributed by atoms with Gasteiger partial charge in [0, 0.05) is 11.6 Å². The zero-order chi connectivity index (χ0) is 24.1. The molecule has 0 spiro atoms. The Morgan fingerprint density at radius 3 is 2.26 bits per heavy atom. The topological polar surface area (TPSA) is 57.2 Å². The van der Waals surface area contributed by atoms with E-state index in [2.05, 4.69) is 0 Å². The Kier molecular flexibility index (Phi) is 7.43. The lowest BCUT2D eigenvalue weighted by Crippen LogP contribution is -2.44. The van der Waals surface area contributed by atoms with E-state index in [9.17, 15) is 9.18 Å². The van der Waals surface area contributed by atoms with E-state index in [1.807, 2.05) is 12.1 Å². The van der Waals surface area contributed by atoms with Gasteiger partial charge in [-0.05, 0) is 78.2 Å². The second-order valence-electron chi connectivity index (χ2n) is 7.77. The summed E-state index contributed by atoms with van der Waals surface area (Å²) in [5, 5.41) is 0.591. The van der Waals surface area contributed by atoms with E-state index < -0.39 is 6.04 Å². The Balaban J connectivity index is 1.58. The molecule has 3 aromatic rings. The number of rotatable bonds is 8. The lowest BCUT2D eigenvalue weighted by molar-refractivity contribution is -0.137. The predicted molar refractivity (Wildman–Crippen MR) is 127 cm³/mol. The van der Waals surface area contributed by atoms with Gasteiger partial charge in [0.05, 0.1) is 20.3 Å². The second kappa shape index (κ2) is 10.7. The van der Waals surface area contributed by atoms with Gasteiger partial charge in [-0.25, -0.2) is 4.39 Å². The number of hydrogen-bond acceptors (Lipinski definition) is 5. The van der Waals surface area contributed by atoms with E-state index in [0.717, 1.165) is 11.1 Å². The van der Waals surface area contributed by atoms with Crippen molar-refractivity contribution in [3.05, 3.63) is 82.6 Å². The average Bonchev–Trinajstić information content (AvgIpc) is 2.86. The van der Waals surface area contributed by atoms with Crippen molar-refractivity contribution in [3.8, 4) is 23.0 Å². The van der Waals surface area contributed by atoms with E-state index in [-0.39, 0.29) is 24.9 Å². The standard InChI is InChI=1S/C26H25ClFNO5/c1-31-24-13-17-11-12-29(26(30)16-34-20-7-3-18(27)4-8-20)23(22(17)14-25(24)32-2)15-33-21-9-5-19(28)6-10-21/h3-10,13-14,23H,11-12,15-16H2,1-2H3/t23-/m0/s1. The minimum absolute atomic E-state index is 0.128. The quantitative estimate of drug-likeness (QED) is 0.445. The maximum atomic E-state index is 13.3. The van der Waals surface area contributed by atoms with Crippen molar-refractivity contribution in [2.45, 2.75) is 12.5 Å². The first-order valence-corrected chi connectivity index (χ1v) is 11.2. The SMILES string of the molecule is COc1cc2c(cc1OC)[C@H](COc1ccc(F)cc1)N(C(=O)COc1ccc(Cl)cc1)CC2. The minimum Gasteiger partial charge on any atom is -0.493 e.